The fourth-order valence-electron chi connectivity index (χ4n) is 1.56. The Morgan fingerprint density at radius 2 is 1.87 bits per heavy atom. The molecule has 0 fully saturated rings. The van der Waals surface area contributed by atoms with Crippen LogP contribution in [0.1, 0.15) is 40.0 Å². The van der Waals surface area contributed by atoms with E-state index in [-0.39, 0.29) is 13.0 Å². The lowest BCUT2D eigenvalue weighted by atomic mass is 10.1. The summed E-state index contributed by atoms with van der Waals surface area (Å²) in [5.41, 5.74) is -0.692. The number of alkyl carbamates (subject to hydrolysis) is 2. The zero-order valence-electron chi connectivity index (χ0n) is 13.9. The van der Waals surface area contributed by atoms with Gasteiger partial charge in [0.15, 0.2) is 0 Å². The molecule has 3 N–H and O–H groups in total. The summed E-state index contributed by atoms with van der Waals surface area (Å²) in [5.74, 6) is -1.13. The van der Waals surface area contributed by atoms with E-state index >= 15 is 0 Å². The Morgan fingerprint density at radius 1 is 1.22 bits per heavy atom. The van der Waals surface area contributed by atoms with Crippen LogP contribution < -0.4 is 10.6 Å². The third-order valence-corrected chi connectivity index (χ3v) is 2.51. The topological polar surface area (TPSA) is 114 Å². The van der Waals surface area contributed by atoms with Crippen LogP contribution in [0.4, 0.5) is 9.59 Å². The van der Waals surface area contributed by atoms with Gasteiger partial charge in [0.1, 0.15) is 18.2 Å². The third-order valence-electron chi connectivity index (χ3n) is 2.51. The molecule has 0 aromatic carbocycles. The van der Waals surface area contributed by atoms with E-state index in [1.165, 1.54) is 6.08 Å². The minimum absolute atomic E-state index is 0.132. The van der Waals surface area contributed by atoms with Crippen molar-refractivity contribution in [2.75, 3.05) is 13.2 Å². The molecular weight excluding hydrogens is 304 g/mol. The fraction of sp³-hybridized carbons (Fsp3) is 0.667. The Balaban J connectivity index is 4.02. The second-order valence-electron chi connectivity index (χ2n) is 5.85. The van der Waals surface area contributed by atoms with Gasteiger partial charge in [0, 0.05) is 6.54 Å². The number of ether oxygens (including phenoxy) is 2. The van der Waals surface area contributed by atoms with Crippen LogP contribution in [0.25, 0.3) is 0 Å². The zero-order chi connectivity index (χ0) is 17.9. The van der Waals surface area contributed by atoms with Crippen molar-refractivity contribution in [2.45, 2.75) is 51.7 Å². The van der Waals surface area contributed by atoms with Crippen LogP contribution in [0.2, 0.25) is 0 Å². The monoisotopic (exact) mass is 330 g/mol. The van der Waals surface area contributed by atoms with Gasteiger partial charge in [-0.15, -0.1) is 0 Å². The molecule has 0 aromatic heterocycles. The van der Waals surface area contributed by atoms with Crippen molar-refractivity contribution in [3.8, 4) is 0 Å². The second kappa shape index (κ2) is 10.5. The third kappa shape index (κ3) is 12.0. The van der Waals surface area contributed by atoms with Crippen LogP contribution in [0.15, 0.2) is 12.7 Å². The van der Waals surface area contributed by atoms with Gasteiger partial charge in [-0.3, -0.25) is 0 Å². The maximum absolute atomic E-state index is 11.6. The molecule has 0 spiro atoms. The summed E-state index contributed by atoms with van der Waals surface area (Å²) in [6, 6.07) is -1.03. The summed E-state index contributed by atoms with van der Waals surface area (Å²) < 4.78 is 9.74. The molecule has 23 heavy (non-hydrogen) atoms. The first kappa shape index (κ1) is 20.8. The maximum Gasteiger partial charge on any atom is 0.408 e. The first-order chi connectivity index (χ1) is 10.7. The van der Waals surface area contributed by atoms with Crippen molar-refractivity contribution in [3.05, 3.63) is 12.7 Å². The molecule has 0 saturated carbocycles. The Labute approximate surface area is 136 Å². The van der Waals surface area contributed by atoms with Gasteiger partial charge >= 0.3 is 18.2 Å². The van der Waals surface area contributed by atoms with Crippen LogP contribution >= 0.6 is 0 Å². The smallest absolute Gasteiger partial charge is 0.408 e. The Bertz CT molecular complexity index is 417. The molecule has 8 heteroatoms. The van der Waals surface area contributed by atoms with E-state index in [4.69, 9.17) is 14.6 Å². The van der Waals surface area contributed by atoms with Gasteiger partial charge in [-0.2, -0.15) is 0 Å². The highest BCUT2D eigenvalue weighted by Crippen LogP contribution is 2.08. The molecule has 0 unspecified atom stereocenters. The highest BCUT2D eigenvalue weighted by molar-refractivity contribution is 5.79. The minimum Gasteiger partial charge on any atom is -0.480 e. The van der Waals surface area contributed by atoms with Gasteiger partial charge in [-0.05, 0) is 40.0 Å². The van der Waals surface area contributed by atoms with Gasteiger partial charge in [0.05, 0.1) is 0 Å². The van der Waals surface area contributed by atoms with Gasteiger partial charge in [-0.1, -0.05) is 12.7 Å². The molecule has 0 saturated heterocycles. The standard InChI is InChI=1S/C15H26N2O6/c1-5-10-22-13(20)16-9-7-6-8-11(12(18)19)17-14(21)23-15(2,3)4/h5,11H,1,6-10H2,2-4H3,(H,16,20)(H,17,21)(H,18,19)/t11-/m0/s1. The maximum atomic E-state index is 11.6. The summed E-state index contributed by atoms with van der Waals surface area (Å²) in [7, 11) is 0. The molecule has 2 amide bonds. The van der Waals surface area contributed by atoms with Gasteiger partial charge < -0.3 is 25.2 Å². The van der Waals surface area contributed by atoms with Gasteiger partial charge in [-0.25, -0.2) is 14.4 Å². The summed E-state index contributed by atoms with van der Waals surface area (Å²) in [5, 5.41) is 13.9. The Kier molecular flexibility index (Phi) is 9.45. The quantitative estimate of drug-likeness (QED) is 0.440. The van der Waals surface area contributed by atoms with E-state index in [2.05, 4.69) is 17.2 Å². The summed E-state index contributed by atoms with van der Waals surface area (Å²) in [6.07, 6.45) is 1.44. The number of carboxylic acids is 1. The molecule has 0 aliphatic rings. The van der Waals surface area contributed by atoms with Crippen LogP contribution in [-0.4, -0.2) is 48.1 Å². The van der Waals surface area contributed by atoms with E-state index < -0.39 is 29.8 Å². The number of carboxylic acid groups (broad SMARTS) is 1. The molecule has 132 valence electrons. The fourth-order valence-corrected chi connectivity index (χ4v) is 1.56. The lowest BCUT2D eigenvalue weighted by Crippen LogP contribution is -2.43. The van der Waals surface area contributed by atoms with Crippen LogP contribution in [0, 0.1) is 0 Å². The number of hydrogen-bond donors (Lipinski definition) is 3. The van der Waals surface area contributed by atoms with Gasteiger partial charge in [0.2, 0.25) is 0 Å². The average Bonchev–Trinajstić information content (AvgIpc) is 2.41. The van der Waals surface area contributed by atoms with Crippen molar-refractivity contribution < 1.29 is 29.0 Å². The molecule has 0 bridgehead atoms. The lowest BCUT2D eigenvalue weighted by Gasteiger charge is -2.22. The normalized spacial score (nSPS) is 12.0. The van der Waals surface area contributed by atoms with E-state index in [1.807, 2.05) is 0 Å². The molecule has 0 aliphatic heterocycles. The number of carbonyl (C=O) groups is 3. The minimum atomic E-state index is -1.13. The molecule has 0 radical (unpaired) electrons. The molecule has 0 rings (SSSR count). The summed E-state index contributed by atoms with van der Waals surface area (Å²) in [6.45, 7) is 8.99. The predicted octanol–water partition coefficient (Wildman–Crippen LogP) is 2.05. The van der Waals surface area contributed by atoms with E-state index in [0.717, 1.165) is 0 Å². The first-order valence-corrected chi connectivity index (χ1v) is 7.39. The molecule has 0 aliphatic carbocycles. The molecule has 0 heterocycles. The second-order valence-corrected chi connectivity index (χ2v) is 5.85. The van der Waals surface area contributed by atoms with E-state index in [9.17, 15) is 14.4 Å². The van der Waals surface area contributed by atoms with Crippen molar-refractivity contribution >= 4 is 18.2 Å². The van der Waals surface area contributed by atoms with Crippen molar-refractivity contribution in [2.24, 2.45) is 0 Å². The number of aliphatic carboxylic acids is 1. The molecular formula is C15H26N2O6. The highest BCUT2D eigenvalue weighted by atomic mass is 16.6. The number of unbranched alkanes of at least 4 members (excludes halogenated alkanes) is 1. The molecule has 8 nitrogen and oxygen atoms in total. The largest absolute Gasteiger partial charge is 0.480 e. The van der Waals surface area contributed by atoms with Gasteiger partial charge in [0.25, 0.3) is 0 Å². The number of rotatable bonds is 9. The Morgan fingerprint density at radius 3 is 2.39 bits per heavy atom. The summed E-state index contributed by atoms with van der Waals surface area (Å²) >= 11 is 0. The van der Waals surface area contributed by atoms with Crippen molar-refractivity contribution in [1.82, 2.24) is 10.6 Å². The average molecular weight is 330 g/mol. The van der Waals surface area contributed by atoms with Crippen molar-refractivity contribution in [1.29, 1.82) is 0 Å². The van der Waals surface area contributed by atoms with E-state index in [0.29, 0.717) is 19.4 Å². The lowest BCUT2D eigenvalue weighted by molar-refractivity contribution is -0.139. The molecule has 1 atom stereocenters. The van der Waals surface area contributed by atoms with Crippen molar-refractivity contribution in [3.63, 3.8) is 0 Å². The SMILES string of the molecule is C=CCOC(=O)NCCCC[C@H](NC(=O)OC(C)(C)C)C(=O)O. The zero-order valence-corrected chi connectivity index (χ0v) is 13.9. The molecule has 0 aromatic rings. The number of carbonyl (C=O) groups excluding carboxylic acids is 2. The first-order valence-electron chi connectivity index (χ1n) is 7.39. The van der Waals surface area contributed by atoms with Crippen LogP contribution in [-0.2, 0) is 14.3 Å². The number of amides is 2. The summed E-state index contributed by atoms with van der Waals surface area (Å²) in [4.78, 5) is 33.8. The van der Waals surface area contributed by atoms with Crippen LogP contribution in [0.5, 0.6) is 0 Å². The predicted molar refractivity (Wildman–Crippen MR) is 84.2 cm³/mol. The number of nitrogens with one attached hydrogen (secondary N) is 2. The highest BCUT2D eigenvalue weighted by Gasteiger charge is 2.23. The number of hydrogen-bond acceptors (Lipinski definition) is 5. The van der Waals surface area contributed by atoms with E-state index in [1.54, 1.807) is 20.8 Å². The Hall–Kier alpha value is -2.25. The van der Waals surface area contributed by atoms with Crippen LogP contribution in [0.3, 0.4) is 0 Å².